The fourth-order valence-electron chi connectivity index (χ4n) is 2.80. The molecule has 1 aliphatic rings. The topological polar surface area (TPSA) is 88.3 Å². The zero-order chi connectivity index (χ0) is 19.1. The molecule has 1 aromatic carbocycles. The maximum absolute atomic E-state index is 12.6. The first-order valence-electron chi connectivity index (χ1n) is 7.76. The van der Waals surface area contributed by atoms with Gasteiger partial charge in [-0.05, 0) is 24.6 Å². The van der Waals surface area contributed by atoms with E-state index in [0.29, 0.717) is 11.3 Å². The van der Waals surface area contributed by atoms with Crippen LogP contribution in [0, 0.1) is 12.8 Å². The molecule has 0 aliphatic carbocycles. The van der Waals surface area contributed by atoms with Crippen molar-refractivity contribution in [2.45, 2.75) is 26.1 Å². The van der Waals surface area contributed by atoms with Gasteiger partial charge < -0.3 is 5.11 Å². The minimum absolute atomic E-state index is 0.0218. The highest BCUT2D eigenvalue weighted by Gasteiger charge is 2.37. The molecule has 0 saturated carbocycles. The van der Waals surface area contributed by atoms with Crippen molar-refractivity contribution >= 4 is 17.7 Å². The van der Waals surface area contributed by atoms with Crippen molar-refractivity contribution in [1.82, 2.24) is 15.0 Å². The van der Waals surface area contributed by atoms with Crippen LogP contribution in [0.5, 0.6) is 0 Å². The third kappa shape index (κ3) is 3.39. The molecule has 138 valence electrons. The van der Waals surface area contributed by atoms with Gasteiger partial charge >= 0.3 is 12.1 Å². The molecule has 0 spiro atoms. The summed E-state index contributed by atoms with van der Waals surface area (Å²) in [5.74, 6) is -1.91. The highest BCUT2D eigenvalue weighted by atomic mass is 19.4. The van der Waals surface area contributed by atoms with E-state index in [1.165, 1.54) is 21.7 Å². The number of rotatable bonds is 4. The number of aromatic nitrogens is 3. The van der Waals surface area contributed by atoms with Gasteiger partial charge in [0.15, 0.2) is 5.82 Å². The molecule has 1 N–H and O–H groups in total. The lowest BCUT2D eigenvalue weighted by Gasteiger charge is -2.13. The largest absolute Gasteiger partial charge is 0.481 e. The first-order chi connectivity index (χ1) is 12.2. The number of nitrogens with zero attached hydrogens (tertiary/aromatic N) is 4. The predicted molar refractivity (Wildman–Crippen MR) is 83.4 cm³/mol. The van der Waals surface area contributed by atoms with Gasteiger partial charge in [0.25, 0.3) is 0 Å². The highest BCUT2D eigenvalue weighted by molar-refractivity contribution is 5.98. The Labute approximate surface area is 146 Å². The van der Waals surface area contributed by atoms with Crippen molar-refractivity contribution in [3.05, 3.63) is 41.1 Å². The molecule has 1 unspecified atom stereocenters. The number of anilines is 1. The molecule has 1 fully saturated rings. The third-order valence-corrected chi connectivity index (χ3v) is 4.30. The van der Waals surface area contributed by atoms with E-state index in [1.807, 2.05) is 0 Å². The van der Waals surface area contributed by atoms with Crippen molar-refractivity contribution in [3.63, 3.8) is 0 Å². The lowest BCUT2D eigenvalue weighted by atomic mass is 10.1. The van der Waals surface area contributed by atoms with Gasteiger partial charge in [0.05, 0.1) is 23.7 Å². The molecular weight excluding hydrogens is 353 g/mol. The van der Waals surface area contributed by atoms with Crippen LogP contribution in [0.3, 0.4) is 0 Å². The van der Waals surface area contributed by atoms with E-state index in [1.54, 1.807) is 6.92 Å². The number of hydrogen-bond acceptors (Lipinski definition) is 4. The Kier molecular flexibility index (Phi) is 4.43. The number of carbonyl (C=O) groups is 2. The lowest BCUT2D eigenvalue weighted by molar-refractivity contribution is -0.141. The van der Waals surface area contributed by atoms with Crippen LogP contribution in [0.25, 0.3) is 0 Å². The predicted octanol–water partition coefficient (Wildman–Crippen LogP) is 2.09. The minimum atomic E-state index is -4.40. The Bertz CT molecular complexity index is 845. The summed E-state index contributed by atoms with van der Waals surface area (Å²) in [7, 11) is 0. The van der Waals surface area contributed by atoms with Crippen LogP contribution in [0.15, 0.2) is 24.3 Å². The van der Waals surface area contributed by atoms with E-state index in [0.717, 1.165) is 12.1 Å². The standard InChI is InChI=1S/C16H15F3N4O3/c1-9-14(22-8-11(15(25)26)6-13(22)24)20-21-23(9)7-10-2-4-12(5-3-10)16(17,18)19/h2-5,11H,6-8H2,1H3,(H,25,26). The molecule has 0 radical (unpaired) electrons. The summed E-state index contributed by atoms with van der Waals surface area (Å²) in [4.78, 5) is 24.4. The molecule has 10 heteroatoms. The van der Waals surface area contributed by atoms with E-state index in [-0.39, 0.29) is 31.2 Å². The number of carboxylic acid groups (broad SMARTS) is 1. The first-order valence-corrected chi connectivity index (χ1v) is 7.76. The summed E-state index contributed by atoms with van der Waals surface area (Å²) >= 11 is 0. The van der Waals surface area contributed by atoms with Crippen LogP contribution in [0.1, 0.15) is 23.2 Å². The molecule has 1 aromatic heterocycles. The number of carboxylic acids is 1. The molecule has 26 heavy (non-hydrogen) atoms. The second-order valence-electron chi connectivity index (χ2n) is 6.09. The summed E-state index contributed by atoms with van der Waals surface area (Å²) in [6.45, 7) is 1.87. The number of carbonyl (C=O) groups excluding carboxylic acids is 1. The Balaban J connectivity index is 1.77. The number of alkyl halides is 3. The van der Waals surface area contributed by atoms with Crippen LogP contribution >= 0.6 is 0 Å². The molecule has 1 aliphatic heterocycles. The average Bonchev–Trinajstić information content (AvgIpc) is 3.11. The van der Waals surface area contributed by atoms with Gasteiger partial charge in [0, 0.05) is 13.0 Å². The average molecular weight is 368 g/mol. The van der Waals surface area contributed by atoms with Crippen molar-refractivity contribution in [2.24, 2.45) is 5.92 Å². The lowest BCUT2D eigenvalue weighted by Crippen LogP contribution is -2.27. The fraction of sp³-hybridized carbons (Fsp3) is 0.375. The summed E-state index contributed by atoms with van der Waals surface area (Å²) in [6, 6.07) is 4.68. The molecule has 1 amide bonds. The second kappa shape index (κ2) is 6.43. The van der Waals surface area contributed by atoms with E-state index >= 15 is 0 Å². The molecule has 2 heterocycles. The van der Waals surface area contributed by atoms with Crippen LogP contribution in [0.4, 0.5) is 19.0 Å². The quantitative estimate of drug-likeness (QED) is 0.893. The van der Waals surface area contributed by atoms with E-state index in [4.69, 9.17) is 5.11 Å². The van der Waals surface area contributed by atoms with E-state index in [9.17, 15) is 22.8 Å². The zero-order valence-corrected chi connectivity index (χ0v) is 13.7. The molecule has 3 rings (SSSR count). The van der Waals surface area contributed by atoms with E-state index in [2.05, 4.69) is 10.3 Å². The number of hydrogen-bond donors (Lipinski definition) is 1. The molecule has 0 bridgehead atoms. The van der Waals surface area contributed by atoms with E-state index < -0.39 is 23.6 Å². The second-order valence-corrected chi connectivity index (χ2v) is 6.09. The SMILES string of the molecule is Cc1c(N2CC(C(=O)O)CC2=O)nnn1Cc1ccc(C(F)(F)F)cc1. The maximum Gasteiger partial charge on any atom is 0.416 e. The number of halogens is 3. The van der Waals surface area contributed by atoms with Crippen LogP contribution in [-0.2, 0) is 22.3 Å². The summed E-state index contributed by atoms with van der Waals surface area (Å²) in [5, 5.41) is 16.9. The third-order valence-electron chi connectivity index (χ3n) is 4.30. The molecule has 7 nitrogen and oxygen atoms in total. The highest BCUT2D eigenvalue weighted by Crippen LogP contribution is 2.29. The van der Waals surface area contributed by atoms with Gasteiger partial charge in [0.1, 0.15) is 0 Å². The number of aliphatic carboxylic acids is 1. The van der Waals surface area contributed by atoms with Crippen molar-refractivity contribution in [3.8, 4) is 0 Å². The number of amides is 1. The summed E-state index contributed by atoms with van der Waals surface area (Å²) < 4.78 is 39.3. The Morgan fingerprint density at radius 1 is 1.31 bits per heavy atom. The van der Waals surface area contributed by atoms with Gasteiger partial charge in [-0.15, -0.1) is 5.10 Å². The monoisotopic (exact) mass is 368 g/mol. The van der Waals surface area contributed by atoms with Gasteiger partial charge in [-0.3, -0.25) is 14.5 Å². The van der Waals surface area contributed by atoms with Gasteiger partial charge in [-0.25, -0.2) is 4.68 Å². The van der Waals surface area contributed by atoms with Crippen LogP contribution < -0.4 is 4.90 Å². The first kappa shape index (κ1) is 17.9. The van der Waals surface area contributed by atoms with Crippen molar-refractivity contribution in [2.75, 3.05) is 11.4 Å². The molecule has 1 atom stereocenters. The normalized spacial score (nSPS) is 17.8. The van der Waals surface area contributed by atoms with Crippen LogP contribution in [0.2, 0.25) is 0 Å². The molecular formula is C16H15F3N4O3. The maximum atomic E-state index is 12.6. The van der Waals surface area contributed by atoms with Gasteiger partial charge in [-0.2, -0.15) is 13.2 Å². The van der Waals surface area contributed by atoms with Crippen molar-refractivity contribution < 1.29 is 27.9 Å². The van der Waals surface area contributed by atoms with Crippen LogP contribution in [-0.4, -0.2) is 38.5 Å². The zero-order valence-electron chi connectivity index (χ0n) is 13.7. The van der Waals surface area contributed by atoms with Gasteiger partial charge in [0.2, 0.25) is 5.91 Å². The van der Waals surface area contributed by atoms with Gasteiger partial charge in [-0.1, -0.05) is 17.3 Å². The summed E-state index contributed by atoms with van der Waals surface area (Å²) in [6.07, 6.45) is -4.49. The van der Waals surface area contributed by atoms with Crippen molar-refractivity contribution in [1.29, 1.82) is 0 Å². The molecule has 1 saturated heterocycles. The molecule has 2 aromatic rings. The fourth-order valence-corrected chi connectivity index (χ4v) is 2.80. The Morgan fingerprint density at radius 2 is 1.96 bits per heavy atom. The number of benzene rings is 1. The minimum Gasteiger partial charge on any atom is -0.481 e. The summed E-state index contributed by atoms with van der Waals surface area (Å²) in [5.41, 5.74) is 0.387. The smallest absolute Gasteiger partial charge is 0.416 e. The Morgan fingerprint density at radius 3 is 2.50 bits per heavy atom. The Hall–Kier alpha value is -2.91.